The molecule has 0 unspecified atom stereocenters. The molecule has 6 nitrogen and oxygen atoms in total. The first-order chi connectivity index (χ1) is 9.13. The summed E-state index contributed by atoms with van der Waals surface area (Å²) in [5.74, 6) is -0.705. The molecule has 0 aliphatic carbocycles. The van der Waals surface area contributed by atoms with E-state index in [4.69, 9.17) is 9.84 Å². The highest BCUT2D eigenvalue weighted by atomic mass is 19.1. The van der Waals surface area contributed by atoms with E-state index in [9.17, 15) is 9.18 Å². The molecular formula is C12H12FN3O3. The molecule has 1 aromatic heterocycles. The number of nitrogens with zero attached hydrogens (tertiary/aromatic N) is 3. The average molecular weight is 265 g/mol. The Bertz CT molecular complexity index is 554. The summed E-state index contributed by atoms with van der Waals surface area (Å²) in [7, 11) is 0. The van der Waals surface area contributed by atoms with Gasteiger partial charge < -0.3 is 9.84 Å². The zero-order valence-electron chi connectivity index (χ0n) is 9.99. The van der Waals surface area contributed by atoms with Crippen LogP contribution in [0, 0.1) is 5.82 Å². The molecule has 0 saturated carbocycles. The number of carbonyl (C=O) groups is 1. The highest BCUT2D eigenvalue weighted by Crippen LogP contribution is 2.10. The number of carboxylic acid groups (broad SMARTS) is 1. The van der Waals surface area contributed by atoms with Gasteiger partial charge in [0.25, 0.3) is 0 Å². The van der Waals surface area contributed by atoms with Crippen molar-refractivity contribution in [1.29, 1.82) is 0 Å². The zero-order valence-corrected chi connectivity index (χ0v) is 9.99. The molecule has 0 radical (unpaired) electrons. The van der Waals surface area contributed by atoms with Crippen LogP contribution in [0.5, 0.6) is 5.75 Å². The number of benzene rings is 1. The number of aromatic nitrogens is 3. The predicted octanol–water partition coefficient (Wildman–Crippen LogP) is 1.12. The van der Waals surface area contributed by atoms with E-state index in [-0.39, 0.29) is 12.2 Å². The summed E-state index contributed by atoms with van der Waals surface area (Å²) in [6.07, 6.45) is 1.40. The van der Waals surface area contributed by atoms with Gasteiger partial charge in [0.05, 0.1) is 18.7 Å². The predicted molar refractivity (Wildman–Crippen MR) is 63.3 cm³/mol. The second-order valence-corrected chi connectivity index (χ2v) is 3.85. The number of rotatable bonds is 6. The summed E-state index contributed by atoms with van der Waals surface area (Å²) in [5.41, 5.74) is 0.397. The van der Waals surface area contributed by atoms with Gasteiger partial charge in [-0.25, -0.2) is 9.07 Å². The minimum absolute atomic E-state index is 0.154. The van der Waals surface area contributed by atoms with Crippen molar-refractivity contribution in [2.75, 3.05) is 6.61 Å². The van der Waals surface area contributed by atoms with Crippen LogP contribution in [-0.4, -0.2) is 32.7 Å². The van der Waals surface area contributed by atoms with Gasteiger partial charge in [-0.1, -0.05) is 5.21 Å². The first kappa shape index (κ1) is 13.0. The van der Waals surface area contributed by atoms with E-state index in [2.05, 4.69) is 10.3 Å². The molecular weight excluding hydrogens is 253 g/mol. The van der Waals surface area contributed by atoms with Gasteiger partial charge in [-0.15, -0.1) is 5.10 Å². The Morgan fingerprint density at radius 1 is 1.37 bits per heavy atom. The Kier molecular flexibility index (Phi) is 4.07. The SMILES string of the molecule is O=C(O)Cc1cn(CCOc2ccc(F)cc2)nn1. The highest BCUT2D eigenvalue weighted by Gasteiger charge is 2.05. The maximum Gasteiger partial charge on any atom is 0.309 e. The van der Waals surface area contributed by atoms with Crippen molar-refractivity contribution >= 4 is 5.97 Å². The van der Waals surface area contributed by atoms with Crippen LogP contribution in [0.2, 0.25) is 0 Å². The lowest BCUT2D eigenvalue weighted by atomic mass is 10.3. The van der Waals surface area contributed by atoms with E-state index >= 15 is 0 Å². The molecule has 100 valence electrons. The number of ether oxygens (including phenoxy) is 1. The van der Waals surface area contributed by atoms with Crippen LogP contribution in [0.15, 0.2) is 30.5 Å². The average Bonchev–Trinajstić information content (AvgIpc) is 2.78. The van der Waals surface area contributed by atoms with Gasteiger partial charge in [0.2, 0.25) is 0 Å². The fourth-order valence-electron chi connectivity index (χ4n) is 1.47. The fourth-order valence-corrected chi connectivity index (χ4v) is 1.47. The van der Waals surface area contributed by atoms with Crippen molar-refractivity contribution in [3.63, 3.8) is 0 Å². The summed E-state index contributed by atoms with van der Waals surface area (Å²) < 4.78 is 19.5. The standard InChI is InChI=1S/C12H12FN3O3/c13-9-1-3-11(4-2-9)19-6-5-16-8-10(14-15-16)7-12(17)18/h1-4,8H,5-7H2,(H,17,18). The monoisotopic (exact) mass is 265 g/mol. The topological polar surface area (TPSA) is 77.2 Å². The highest BCUT2D eigenvalue weighted by molar-refractivity contribution is 5.69. The zero-order chi connectivity index (χ0) is 13.7. The number of carboxylic acids is 1. The van der Waals surface area contributed by atoms with E-state index < -0.39 is 5.97 Å². The normalized spacial score (nSPS) is 10.4. The second-order valence-electron chi connectivity index (χ2n) is 3.85. The maximum absolute atomic E-state index is 12.7. The smallest absolute Gasteiger partial charge is 0.309 e. The van der Waals surface area contributed by atoms with E-state index in [0.717, 1.165) is 0 Å². The molecule has 0 aliphatic heterocycles. The number of halogens is 1. The minimum atomic E-state index is -0.949. The van der Waals surface area contributed by atoms with Gasteiger partial charge in [0.1, 0.15) is 18.2 Å². The van der Waals surface area contributed by atoms with Gasteiger partial charge in [-0.05, 0) is 24.3 Å². The molecule has 0 spiro atoms. The summed E-state index contributed by atoms with van der Waals surface area (Å²) in [6, 6.07) is 5.70. The Labute approximate surface area is 108 Å². The van der Waals surface area contributed by atoms with Crippen molar-refractivity contribution in [1.82, 2.24) is 15.0 Å². The summed E-state index contributed by atoms with van der Waals surface area (Å²) in [6.45, 7) is 0.769. The van der Waals surface area contributed by atoms with Crippen LogP contribution in [0.1, 0.15) is 5.69 Å². The van der Waals surface area contributed by atoms with Crippen molar-refractivity contribution in [2.45, 2.75) is 13.0 Å². The van der Waals surface area contributed by atoms with E-state index in [1.807, 2.05) is 0 Å². The third-order valence-electron chi connectivity index (χ3n) is 2.32. The van der Waals surface area contributed by atoms with Crippen LogP contribution in [0.3, 0.4) is 0 Å². The molecule has 2 aromatic rings. The minimum Gasteiger partial charge on any atom is -0.492 e. The fraction of sp³-hybridized carbons (Fsp3) is 0.250. The summed E-state index contributed by atoms with van der Waals surface area (Å²) in [4.78, 5) is 10.5. The van der Waals surface area contributed by atoms with Crippen LogP contribution < -0.4 is 4.74 Å². The summed E-state index contributed by atoms with van der Waals surface area (Å²) >= 11 is 0. The van der Waals surface area contributed by atoms with Gasteiger partial charge in [-0.3, -0.25) is 4.79 Å². The van der Waals surface area contributed by atoms with Gasteiger partial charge in [0, 0.05) is 6.20 Å². The lowest BCUT2D eigenvalue weighted by Gasteiger charge is -2.05. The van der Waals surface area contributed by atoms with E-state index in [1.165, 1.54) is 28.9 Å². The third kappa shape index (κ3) is 4.06. The Morgan fingerprint density at radius 2 is 2.11 bits per heavy atom. The molecule has 0 amide bonds. The Hall–Kier alpha value is -2.44. The first-order valence-corrected chi connectivity index (χ1v) is 5.62. The second kappa shape index (κ2) is 5.94. The van der Waals surface area contributed by atoms with Gasteiger partial charge >= 0.3 is 5.97 Å². The van der Waals surface area contributed by atoms with Crippen molar-refractivity contribution in [2.24, 2.45) is 0 Å². The largest absolute Gasteiger partial charge is 0.492 e. The molecule has 1 heterocycles. The van der Waals surface area contributed by atoms with Crippen LogP contribution in [-0.2, 0) is 17.8 Å². The number of aliphatic carboxylic acids is 1. The first-order valence-electron chi connectivity index (χ1n) is 5.62. The Balaban J connectivity index is 1.80. The van der Waals surface area contributed by atoms with E-state index in [1.54, 1.807) is 6.20 Å². The summed E-state index contributed by atoms with van der Waals surface area (Å²) in [5, 5.41) is 16.1. The van der Waals surface area contributed by atoms with Crippen LogP contribution >= 0.6 is 0 Å². The molecule has 0 saturated heterocycles. The molecule has 7 heteroatoms. The molecule has 0 fully saturated rings. The number of hydrogen-bond donors (Lipinski definition) is 1. The van der Waals surface area contributed by atoms with E-state index in [0.29, 0.717) is 24.6 Å². The molecule has 1 N–H and O–H groups in total. The molecule has 19 heavy (non-hydrogen) atoms. The van der Waals surface area contributed by atoms with Crippen molar-refractivity contribution in [3.05, 3.63) is 42.0 Å². The Morgan fingerprint density at radius 3 is 2.79 bits per heavy atom. The molecule has 0 aliphatic rings. The quantitative estimate of drug-likeness (QED) is 0.847. The molecule has 1 aromatic carbocycles. The van der Waals surface area contributed by atoms with Crippen molar-refractivity contribution < 1.29 is 19.0 Å². The van der Waals surface area contributed by atoms with Gasteiger partial charge in [0.15, 0.2) is 0 Å². The third-order valence-corrected chi connectivity index (χ3v) is 2.32. The molecule has 0 atom stereocenters. The lowest BCUT2D eigenvalue weighted by Crippen LogP contribution is -2.08. The molecule has 0 bridgehead atoms. The van der Waals surface area contributed by atoms with Crippen LogP contribution in [0.4, 0.5) is 4.39 Å². The van der Waals surface area contributed by atoms with Crippen LogP contribution in [0.25, 0.3) is 0 Å². The molecule has 2 rings (SSSR count). The maximum atomic E-state index is 12.7. The van der Waals surface area contributed by atoms with Gasteiger partial charge in [-0.2, -0.15) is 0 Å². The van der Waals surface area contributed by atoms with Crippen molar-refractivity contribution in [3.8, 4) is 5.75 Å². The lowest BCUT2D eigenvalue weighted by molar-refractivity contribution is -0.136. The number of hydrogen-bond acceptors (Lipinski definition) is 4.